The smallest absolute Gasteiger partial charge is 0.331 e. The molecule has 9 heteroatoms. The van der Waals surface area contributed by atoms with Gasteiger partial charge in [0.05, 0.1) is 18.6 Å². The van der Waals surface area contributed by atoms with Crippen molar-refractivity contribution in [2.45, 2.75) is 58.6 Å². The number of hydrogen-bond acceptors (Lipinski definition) is 7. The molecule has 0 fully saturated rings. The SMILES string of the molecule is CCCCCC(=O)N(C)Cc1cc(-c2ccc(C(OCC)C(Cc3cc(Br)cs3)C(=O)ONC)cc2)cs1. The van der Waals surface area contributed by atoms with Crippen LogP contribution >= 0.6 is 38.6 Å². The van der Waals surface area contributed by atoms with Gasteiger partial charge in [-0.1, -0.05) is 44.0 Å². The highest BCUT2D eigenvalue weighted by Gasteiger charge is 2.32. The van der Waals surface area contributed by atoms with E-state index < -0.39 is 12.0 Å². The average molecular weight is 622 g/mol. The number of ether oxygens (including phenoxy) is 1. The van der Waals surface area contributed by atoms with Crippen LogP contribution < -0.4 is 5.48 Å². The quantitative estimate of drug-likeness (QED) is 0.142. The number of halogens is 1. The number of nitrogens with one attached hydrogen (secondary N) is 1. The van der Waals surface area contributed by atoms with Gasteiger partial charge in [-0.2, -0.15) is 5.48 Å². The molecule has 1 N–H and O–H groups in total. The van der Waals surface area contributed by atoms with E-state index >= 15 is 0 Å². The van der Waals surface area contributed by atoms with Crippen LogP contribution in [-0.4, -0.2) is 37.5 Å². The summed E-state index contributed by atoms with van der Waals surface area (Å²) >= 11 is 6.77. The minimum absolute atomic E-state index is 0.195. The van der Waals surface area contributed by atoms with Crippen LogP contribution in [0, 0.1) is 5.92 Å². The van der Waals surface area contributed by atoms with Crippen molar-refractivity contribution < 1.29 is 19.2 Å². The lowest BCUT2D eigenvalue weighted by atomic mass is 9.91. The Bertz CT molecular complexity index is 1160. The minimum Gasteiger partial charge on any atom is -0.373 e. The summed E-state index contributed by atoms with van der Waals surface area (Å²) in [6.07, 6.45) is 3.83. The molecule has 2 unspecified atom stereocenters. The number of amides is 1. The summed E-state index contributed by atoms with van der Waals surface area (Å²) in [5.74, 6) is -0.659. The van der Waals surface area contributed by atoms with Gasteiger partial charge in [0, 0.05) is 46.7 Å². The number of hydroxylamine groups is 1. The number of thiophene rings is 2. The molecule has 2 atom stereocenters. The zero-order valence-corrected chi connectivity index (χ0v) is 25.7. The third-order valence-electron chi connectivity index (χ3n) is 6.30. The van der Waals surface area contributed by atoms with Gasteiger partial charge in [-0.25, -0.2) is 4.79 Å². The van der Waals surface area contributed by atoms with Crippen molar-refractivity contribution in [3.63, 3.8) is 0 Å². The van der Waals surface area contributed by atoms with E-state index in [1.807, 2.05) is 42.5 Å². The Morgan fingerprint density at radius 2 is 1.76 bits per heavy atom. The Balaban J connectivity index is 1.74. The van der Waals surface area contributed by atoms with E-state index in [-0.39, 0.29) is 11.9 Å². The summed E-state index contributed by atoms with van der Waals surface area (Å²) < 4.78 is 7.11. The second-order valence-electron chi connectivity index (χ2n) is 9.17. The number of unbranched alkanes of at least 4 members (excludes halogenated alkanes) is 2. The molecule has 3 aromatic rings. The molecule has 1 aromatic carbocycles. The van der Waals surface area contributed by atoms with Crippen molar-refractivity contribution in [2.24, 2.45) is 5.92 Å². The van der Waals surface area contributed by atoms with Gasteiger partial charge in [0.1, 0.15) is 0 Å². The van der Waals surface area contributed by atoms with E-state index in [9.17, 15) is 9.59 Å². The Kier molecular flexibility index (Phi) is 12.5. The highest BCUT2D eigenvalue weighted by atomic mass is 79.9. The fourth-order valence-corrected chi connectivity index (χ4v) is 6.77. The monoisotopic (exact) mass is 620 g/mol. The lowest BCUT2D eigenvalue weighted by molar-refractivity contribution is -0.161. The first-order valence-corrected chi connectivity index (χ1v) is 15.5. The number of benzene rings is 1. The van der Waals surface area contributed by atoms with E-state index in [0.29, 0.717) is 26.0 Å². The predicted octanol–water partition coefficient (Wildman–Crippen LogP) is 7.39. The predicted molar refractivity (Wildman–Crippen MR) is 159 cm³/mol. The third-order valence-corrected chi connectivity index (χ3v) is 8.94. The van der Waals surface area contributed by atoms with Crippen molar-refractivity contribution in [1.29, 1.82) is 0 Å². The highest BCUT2D eigenvalue weighted by Crippen LogP contribution is 2.34. The van der Waals surface area contributed by atoms with Crippen molar-refractivity contribution in [3.8, 4) is 11.1 Å². The number of rotatable bonds is 15. The zero-order chi connectivity index (χ0) is 27.5. The summed E-state index contributed by atoms with van der Waals surface area (Å²) in [5.41, 5.74) is 5.65. The molecule has 0 spiro atoms. The molecule has 0 saturated heterocycles. The lowest BCUT2D eigenvalue weighted by Gasteiger charge is -2.25. The van der Waals surface area contributed by atoms with Gasteiger partial charge in [0.25, 0.3) is 0 Å². The first kappa shape index (κ1) is 30.5. The molecule has 0 aliphatic heterocycles. The number of nitrogens with zero attached hydrogens (tertiary/aromatic N) is 1. The molecule has 0 radical (unpaired) electrons. The van der Waals surface area contributed by atoms with Gasteiger partial charge in [-0.15, -0.1) is 22.7 Å². The van der Waals surface area contributed by atoms with Gasteiger partial charge in [-0.05, 0) is 69.9 Å². The maximum atomic E-state index is 12.9. The van der Waals surface area contributed by atoms with Crippen LogP contribution in [0.4, 0.5) is 0 Å². The molecule has 0 aliphatic carbocycles. The molecule has 0 bridgehead atoms. The molecule has 206 valence electrons. The molecule has 1 amide bonds. The van der Waals surface area contributed by atoms with Crippen molar-refractivity contribution >= 4 is 50.5 Å². The fourth-order valence-electron chi connectivity index (χ4n) is 4.31. The second kappa shape index (κ2) is 15.5. The van der Waals surface area contributed by atoms with E-state index in [0.717, 1.165) is 50.2 Å². The van der Waals surface area contributed by atoms with Crippen LogP contribution in [0.3, 0.4) is 0 Å². The average Bonchev–Trinajstić information content (AvgIpc) is 3.55. The number of hydrogen-bond donors (Lipinski definition) is 1. The molecule has 0 saturated carbocycles. The molecule has 6 nitrogen and oxygen atoms in total. The minimum atomic E-state index is -0.503. The number of carbonyl (C=O) groups is 2. The highest BCUT2D eigenvalue weighted by molar-refractivity contribution is 9.10. The Morgan fingerprint density at radius 3 is 2.39 bits per heavy atom. The Hall–Kier alpha value is -2.04. The Morgan fingerprint density at radius 1 is 1.03 bits per heavy atom. The molecular formula is C29H37BrN2O4S2. The standard InChI is InChI=1S/C29H37BrN2O4S2/c1-5-7-8-9-27(33)32(4)17-25-14-22(18-37-25)20-10-12-21(13-11-20)28(35-6-2)26(29(34)36-31-3)16-24-15-23(30)19-38-24/h10-15,18-19,26,28,31H,5-9,16-17H2,1-4H3. The molecular weight excluding hydrogens is 584 g/mol. The lowest BCUT2D eigenvalue weighted by Crippen LogP contribution is -2.31. The summed E-state index contributed by atoms with van der Waals surface area (Å²) in [6.45, 7) is 5.17. The van der Waals surface area contributed by atoms with Crippen LogP contribution in [0.1, 0.15) is 61.0 Å². The second-order valence-corrected chi connectivity index (χ2v) is 12.1. The van der Waals surface area contributed by atoms with Crippen LogP contribution in [0.25, 0.3) is 11.1 Å². The van der Waals surface area contributed by atoms with Crippen LogP contribution in [0.2, 0.25) is 0 Å². The molecule has 38 heavy (non-hydrogen) atoms. The van der Waals surface area contributed by atoms with E-state index in [1.165, 1.54) is 0 Å². The van der Waals surface area contributed by atoms with Crippen LogP contribution in [0.15, 0.2) is 51.6 Å². The molecule has 2 heterocycles. The van der Waals surface area contributed by atoms with Gasteiger partial charge < -0.3 is 14.5 Å². The normalized spacial score (nSPS) is 12.8. The Labute approximate surface area is 242 Å². The van der Waals surface area contributed by atoms with E-state index in [4.69, 9.17) is 9.57 Å². The summed E-state index contributed by atoms with van der Waals surface area (Å²) in [6, 6.07) is 12.4. The zero-order valence-electron chi connectivity index (χ0n) is 22.5. The van der Waals surface area contributed by atoms with Crippen LogP contribution in [0.5, 0.6) is 0 Å². The summed E-state index contributed by atoms with van der Waals surface area (Å²) in [4.78, 5) is 34.6. The fraction of sp³-hybridized carbons (Fsp3) is 0.448. The van der Waals surface area contributed by atoms with Gasteiger partial charge in [-0.3, -0.25) is 4.79 Å². The summed E-state index contributed by atoms with van der Waals surface area (Å²) in [5, 5.41) is 4.14. The van der Waals surface area contributed by atoms with E-state index in [1.54, 1.807) is 29.7 Å². The van der Waals surface area contributed by atoms with Gasteiger partial charge >= 0.3 is 5.97 Å². The number of carbonyl (C=O) groups excluding carboxylic acids is 2. The van der Waals surface area contributed by atoms with Crippen molar-refractivity contribution in [2.75, 3.05) is 20.7 Å². The topological polar surface area (TPSA) is 67.9 Å². The first-order chi connectivity index (χ1) is 18.4. The maximum absolute atomic E-state index is 12.9. The van der Waals surface area contributed by atoms with Crippen LogP contribution in [-0.2, 0) is 32.1 Å². The largest absolute Gasteiger partial charge is 0.373 e. The van der Waals surface area contributed by atoms with Gasteiger partial charge in [0.15, 0.2) is 0 Å². The van der Waals surface area contributed by atoms with Gasteiger partial charge in [0.2, 0.25) is 5.91 Å². The first-order valence-electron chi connectivity index (χ1n) is 13.0. The third kappa shape index (κ3) is 8.74. The molecule has 2 aromatic heterocycles. The maximum Gasteiger partial charge on any atom is 0.331 e. The molecule has 3 rings (SSSR count). The van der Waals surface area contributed by atoms with Crippen molar-refractivity contribution in [1.82, 2.24) is 10.4 Å². The van der Waals surface area contributed by atoms with Crippen molar-refractivity contribution in [3.05, 3.63) is 66.9 Å². The molecule has 0 aliphatic rings. The van der Waals surface area contributed by atoms with E-state index in [2.05, 4.69) is 51.9 Å². The summed E-state index contributed by atoms with van der Waals surface area (Å²) in [7, 11) is 3.46.